The van der Waals surface area contributed by atoms with Crippen LogP contribution >= 0.6 is 0 Å². The largest absolute Gasteiger partial charge is 0.357 e. The Hall–Kier alpha value is -3.42. The van der Waals surface area contributed by atoms with E-state index >= 15 is 0 Å². The van der Waals surface area contributed by atoms with Gasteiger partial charge in [0.05, 0.1) is 11.1 Å². The molecule has 1 N–H and O–H groups in total. The molecule has 6 heterocycles. The van der Waals surface area contributed by atoms with Crippen LogP contribution in [0.2, 0.25) is 0 Å². The first-order valence-corrected chi connectivity index (χ1v) is 10.4. The molecule has 30 heavy (non-hydrogen) atoms. The first-order chi connectivity index (χ1) is 14.6. The van der Waals surface area contributed by atoms with E-state index in [-0.39, 0.29) is 5.56 Å². The number of pyridine rings is 1. The Morgan fingerprint density at radius 3 is 2.87 bits per heavy atom. The lowest BCUT2D eigenvalue weighted by atomic mass is 9.83. The van der Waals surface area contributed by atoms with Crippen molar-refractivity contribution < 1.29 is 0 Å². The lowest BCUT2D eigenvalue weighted by Gasteiger charge is -2.43. The molecule has 8 nitrogen and oxygen atoms in total. The summed E-state index contributed by atoms with van der Waals surface area (Å²) < 4.78 is 3.88. The van der Waals surface area contributed by atoms with Gasteiger partial charge in [0.2, 0.25) is 0 Å². The number of aromatic amines is 1. The summed E-state index contributed by atoms with van der Waals surface area (Å²) in [6.45, 7) is 4.41. The fourth-order valence-electron chi connectivity index (χ4n) is 5.18. The van der Waals surface area contributed by atoms with Crippen molar-refractivity contribution in [2.24, 2.45) is 13.0 Å². The monoisotopic (exact) mass is 401 g/mol. The Balaban J connectivity index is 1.40. The van der Waals surface area contributed by atoms with Gasteiger partial charge in [-0.25, -0.2) is 15.0 Å². The molecule has 0 amide bonds. The van der Waals surface area contributed by atoms with Gasteiger partial charge in [0.25, 0.3) is 5.56 Å². The molecule has 2 atom stereocenters. The highest BCUT2D eigenvalue weighted by atomic mass is 16.1. The average Bonchev–Trinajstić information content (AvgIpc) is 3.37. The van der Waals surface area contributed by atoms with E-state index in [0.717, 1.165) is 60.2 Å². The third-order valence-electron chi connectivity index (χ3n) is 6.46. The molecule has 1 fully saturated rings. The second-order valence-corrected chi connectivity index (χ2v) is 8.49. The van der Waals surface area contributed by atoms with Crippen molar-refractivity contribution in [2.45, 2.75) is 25.8 Å². The van der Waals surface area contributed by atoms with Crippen molar-refractivity contribution in [2.75, 3.05) is 18.0 Å². The van der Waals surface area contributed by atoms with E-state index in [4.69, 9.17) is 4.98 Å². The molecule has 152 valence electrons. The molecule has 0 radical (unpaired) electrons. The SMILES string of the molecule is Cc1nc(N2C[C@@H]3C[C@H](C2)c2ccc(-c4nccn4C)c(=O)n2C3)c2[nH]ccc2n1. The molecule has 4 aromatic heterocycles. The number of imidazole rings is 1. The zero-order valence-corrected chi connectivity index (χ0v) is 17.0. The third kappa shape index (κ3) is 2.52. The molecule has 2 bridgehead atoms. The summed E-state index contributed by atoms with van der Waals surface area (Å²) in [4.78, 5) is 32.6. The highest BCUT2D eigenvalue weighted by molar-refractivity contribution is 5.86. The topological polar surface area (TPSA) is 84.6 Å². The van der Waals surface area contributed by atoms with Crippen LogP contribution in [0, 0.1) is 12.8 Å². The van der Waals surface area contributed by atoms with Crippen LogP contribution in [-0.4, -0.2) is 42.2 Å². The second-order valence-electron chi connectivity index (χ2n) is 8.49. The summed E-state index contributed by atoms with van der Waals surface area (Å²) in [5.74, 6) is 3.19. The van der Waals surface area contributed by atoms with Crippen LogP contribution < -0.4 is 10.5 Å². The van der Waals surface area contributed by atoms with Gasteiger partial charge in [-0.1, -0.05) is 0 Å². The molecule has 0 spiro atoms. The predicted molar refractivity (Wildman–Crippen MR) is 115 cm³/mol. The van der Waals surface area contributed by atoms with Crippen LogP contribution in [0.3, 0.4) is 0 Å². The van der Waals surface area contributed by atoms with E-state index in [9.17, 15) is 4.79 Å². The minimum Gasteiger partial charge on any atom is -0.357 e. The Morgan fingerprint density at radius 2 is 2.03 bits per heavy atom. The fourth-order valence-corrected chi connectivity index (χ4v) is 5.18. The van der Waals surface area contributed by atoms with Crippen molar-refractivity contribution in [3.8, 4) is 11.4 Å². The van der Waals surface area contributed by atoms with Gasteiger partial charge in [-0.05, 0) is 37.5 Å². The summed E-state index contributed by atoms with van der Waals surface area (Å²) in [5, 5.41) is 0. The number of piperidine rings is 1. The van der Waals surface area contributed by atoms with Crippen LogP contribution in [0.4, 0.5) is 5.82 Å². The maximum Gasteiger partial charge on any atom is 0.261 e. The molecule has 2 aliphatic heterocycles. The maximum absolute atomic E-state index is 13.3. The van der Waals surface area contributed by atoms with E-state index in [0.29, 0.717) is 17.4 Å². The Labute approximate surface area is 173 Å². The summed E-state index contributed by atoms with van der Waals surface area (Å²) in [7, 11) is 1.92. The second kappa shape index (κ2) is 6.29. The zero-order valence-electron chi connectivity index (χ0n) is 17.0. The zero-order chi connectivity index (χ0) is 20.4. The first kappa shape index (κ1) is 17.4. The Bertz CT molecular complexity index is 1330. The van der Waals surface area contributed by atoms with Gasteiger partial charge in [0, 0.05) is 56.9 Å². The van der Waals surface area contributed by atoms with Gasteiger partial charge in [0.15, 0.2) is 5.82 Å². The van der Waals surface area contributed by atoms with E-state index < -0.39 is 0 Å². The number of hydrogen-bond acceptors (Lipinski definition) is 5. The standard InChI is InChI=1S/C22H23N7O/c1-13-25-17-5-6-23-19(17)21(26-13)28-10-14-9-15(12-28)18-4-3-16(22(30)29(18)11-14)20-24-7-8-27(20)2/h3-8,14-15,23H,9-12H2,1-2H3/t14-,15+/m0/s1. The highest BCUT2D eigenvalue weighted by Crippen LogP contribution is 2.38. The van der Waals surface area contributed by atoms with Gasteiger partial charge >= 0.3 is 0 Å². The van der Waals surface area contributed by atoms with E-state index in [1.165, 1.54) is 0 Å². The molecule has 0 unspecified atom stereocenters. The van der Waals surface area contributed by atoms with E-state index in [1.807, 2.05) is 47.6 Å². The predicted octanol–water partition coefficient (Wildman–Crippen LogP) is 2.45. The van der Waals surface area contributed by atoms with Crippen LogP contribution in [-0.2, 0) is 13.6 Å². The molecule has 0 aliphatic carbocycles. The molecular weight excluding hydrogens is 378 g/mol. The van der Waals surface area contributed by atoms with Crippen LogP contribution in [0.1, 0.15) is 23.9 Å². The molecule has 1 saturated heterocycles. The Morgan fingerprint density at radius 1 is 1.13 bits per heavy atom. The molecule has 6 rings (SSSR count). The minimum atomic E-state index is 0.0644. The number of nitrogens with one attached hydrogen (secondary N) is 1. The number of rotatable bonds is 2. The lowest BCUT2D eigenvalue weighted by Crippen LogP contribution is -2.47. The number of H-pyrrole nitrogens is 1. The maximum atomic E-state index is 13.3. The van der Waals surface area contributed by atoms with Crippen LogP contribution in [0.25, 0.3) is 22.4 Å². The number of nitrogens with zero attached hydrogens (tertiary/aromatic N) is 6. The van der Waals surface area contributed by atoms with E-state index in [1.54, 1.807) is 6.20 Å². The smallest absolute Gasteiger partial charge is 0.261 e. The molecule has 0 saturated carbocycles. The van der Waals surface area contributed by atoms with Crippen molar-refractivity contribution >= 4 is 16.9 Å². The van der Waals surface area contributed by atoms with E-state index in [2.05, 4.69) is 25.9 Å². The molecule has 0 aromatic carbocycles. The van der Waals surface area contributed by atoms with Gasteiger partial charge in [-0.2, -0.15) is 0 Å². The number of aromatic nitrogens is 6. The van der Waals surface area contributed by atoms with Gasteiger partial charge in [0.1, 0.15) is 17.2 Å². The highest BCUT2D eigenvalue weighted by Gasteiger charge is 2.36. The number of fused-ring (bicyclic) bond motifs is 5. The lowest BCUT2D eigenvalue weighted by molar-refractivity contribution is 0.281. The summed E-state index contributed by atoms with van der Waals surface area (Å²) in [5.41, 5.74) is 3.79. The van der Waals surface area contributed by atoms with Crippen LogP contribution in [0.15, 0.2) is 41.6 Å². The normalized spacial score (nSPS) is 20.5. The molecule has 8 heteroatoms. The van der Waals surface area contributed by atoms with Gasteiger partial charge in [-0.15, -0.1) is 0 Å². The summed E-state index contributed by atoms with van der Waals surface area (Å²) >= 11 is 0. The van der Waals surface area contributed by atoms with Gasteiger partial charge in [-0.3, -0.25) is 4.79 Å². The number of hydrogen-bond donors (Lipinski definition) is 1. The average molecular weight is 401 g/mol. The Kier molecular flexibility index (Phi) is 3.65. The van der Waals surface area contributed by atoms with Crippen LogP contribution in [0.5, 0.6) is 0 Å². The van der Waals surface area contributed by atoms with Crippen molar-refractivity contribution in [3.05, 3.63) is 58.7 Å². The molecule has 4 aromatic rings. The fraction of sp³-hybridized carbons (Fsp3) is 0.364. The summed E-state index contributed by atoms with van der Waals surface area (Å²) in [6.07, 6.45) is 6.63. The van der Waals surface area contributed by atoms with Crippen molar-refractivity contribution in [3.63, 3.8) is 0 Å². The quantitative estimate of drug-likeness (QED) is 0.558. The number of aryl methyl sites for hydroxylation is 2. The summed E-state index contributed by atoms with van der Waals surface area (Å²) in [6, 6.07) is 6.05. The molecular formula is C22H23N7O. The van der Waals surface area contributed by atoms with Crippen molar-refractivity contribution in [1.82, 2.24) is 29.1 Å². The van der Waals surface area contributed by atoms with Gasteiger partial charge < -0.3 is 19.0 Å². The third-order valence-corrected chi connectivity index (χ3v) is 6.46. The number of anilines is 1. The van der Waals surface area contributed by atoms with Crippen molar-refractivity contribution in [1.29, 1.82) is 0 Å². The molecule has 2 aliphatic rings. The first-order valence-electron chi connectivity index (χ1n) is 10.4. The minimum absolute atomic E-state index is 0.0644.